The van der Waals surface area contributed by atoms with E-state index in [1.54, 1.807) is 11.3 Å². The lowest BCUT2D eigenvalue weighted by Gasteiger charge is -2.35. The number of carbonyl (C=O) groups is 1. The maximum atomic E-state index is 12.3. The molecule has 2 amide bonds. The number of aryl methyl sites for hydroxylation is 1. The van der Waals surface area contributed by atoms with Gasteiger partial charge in [0.25, 0.3) is 0 Å². The Balaban J connectivity index is 1.35. The Labute approximate surface area is 148 Å². The standard InChI is InChI=1S/C17H29N5OS/c1-14-3-6-20(7-4-14)8-5-18-16(23)21-9-11-22(12-10-21)17-19-15(2)13-24-17/h13-14H,3-12H2,1-2H3,(H,18,23). The van der Waals surface area contributed by atoms with E-state index < -0.39 is 0 Å². The molecule has 0 atom stereocenters. The zero-order valence-electron chi connectivity index (χ0n) is 14.8. The van der Waals surface area contributed by atoms with Crippen LogP contribution >= 0.6 is 11.3 Å². The van der Waals surface area contributed by atoms with Crippen LogP contribution in [0.15, 0.2) is 5.38 Å². The molecule has 0 saturated carbocycles. The molecule has 1 aromatic rings. The van der Waals surface area contributed by atoms with Gasteiger partial charge in [-0.1, -0.05) is 6.92 Å². The van der Waals surface area contributed by atoms with Crippen LogP contribution in [0.1, 0.15) is 25.5 Å². The van der Waals surface area contributed by atoms with E-state index in [4.69, 9.17) is 0 Å². The molecule has 2 aliphatic rings. The summed E-state index contributed by atoms with van der Waals surface area (Å²) < 4.78 is 0. The van der Waals surface area contributed by atoms with Crippen molar-refractivity contribution in [2.24, 2.45) is 5.92 Å². The highest BCUT2D eigenvalue weighted by atomic mass is 32.1. The highest BCUT2D eigenvalue weighted by Gasteiger charge is 2.22. The van der Waals surface area contributed by atoms with Gasteiger partial charge in [0, 0.05) is 44.6 Å². The smallest absolute Gasteiger partial charge is 0.317 e. The van der Waals surface area contributed by atoms with Gasteiger partial charge in [-0.3, -0.25) is 0 Å². The highest BCUT2D eigenvalue weighted by Crippen LogP contribution is 2.21. The maximum Gasteiger partial charge on any atom is 0.317 e. The number of thiazole rings is 1. The van der Waals surface area contributed by atoms with Gasteiger partial charge in [-0.2, -0.15) is 0 Å². The third-order valence-electron chi connectivity index (χ3n) is 5.02. The van der Waals surface area contributed by atoms with E-state index in [0.29, 0.717) is 0 Å². The van der Waals surface area contributed by atoms with Gasteiger partial charge < -0.3 is 20.0 Å². The van der Waals surface area contributed by atoms with Crippen LogP contribution in [0.4, 0.5) is 9.93 Å². The largest absolute Gasteiger partial charge is 0.345 e. The Morgan fingerprint density at radius 2 is 1.96 bits per heavy atom. The maximum absolute atomic E-state index is 12.3. The number of hydrogen-bond donors (Lipinski definition) is 1. The lowest BCUT2D eigenvalue weighted by molar-refractivity contribution is 0.179. The molecule has 0 aromatic carbocycles. The van der Waals surface area contributed by atoms with E-state index in [0.717, 1.165) is 56.0 Å². The third-order valence-corrected chi connectivity index (χ3v) is 6.04. The first-order valence-electron chi connectivity index (χ1n) is 9.04. The van der Waals surface area contributed by atoms with Crippen LogP contribution < -0.4 is 10.2 Å². The molecular weight excluding hydrogens is 322 g/mol. The lowest BCUT2D eigenvalue weighted by atomic mass is 9.99. The highest BCUT2D eigenvalue weighted by molar-refractivity contribution is 7.13. The fourth-order valence-corrected chi connectivity index (χ4v) is 4.16. The third kappa shape index (κ3) is 4.60. The summed E-state index contributed by atoms with van der Waals surface area (Å²) in [6.45, 7) is 11.7. The molecule has 7 heteroatoms. The minimum absolute atomic E-state index is 0.0790. The van der Waals surface area contributed by atoms with E-state index in [9.17, 15) is 4.79 Å². The van der Waals surface area contributed by atoms with Gasteiger partial charge >= 0.3 is 6.03 Å². The first kappa shape index (κ1) is 17.5. The summed E-state index contributed by atoms with van der Waals surface area (Å²) in [5.74, 6) is 0.855. The molecule has 0 bridgehead atoms. The van der Waals surface area contributed by atoms with Gasteiger partial charge in [-0.15, -0.1) is 11.3 Å². The zero-order chi connectivity index (χ0) is 16.9. The van der Waals surface area contributed by atoms with Crippen LogP contribution in [0.2, 0.25) is 0 Å². The fraction of sp³-hybridized carbons (Fsp3) is 0.765. The second-order valence-corrected chi connectivity index (χ2v) is 7.84. The monoisotopic (exact) mass is 351 g/mol. The number of piperidine rings is 1. The zero-order valence-corrected chi connectivity index (χ0v) is 15.6. The molecule has 134 valence electrons. The number of carbonyl (C=O) groups excluding carboxylic acids is 1. The summed E-state index contributed by atoms with van der Waals surface area (Å²) >= 11 is 1.69. The lowest BCUT2D eigenvalue weighted by Crippen LogP contribution is -2.52. The summed E-state index contributed by atoms with van der Waals surface area (Å²) in [6.07, 6.45) is 2.57. The number of nitrogens with one attached hydrogen (secondary N) is 1. The van der Waals surface area contributed by atoms with Crippen LogP contribution in [0.25, 0.3) is 0 Å². The van der Waals surface area contributed by atoms with E-state index in [1.165, 1.54) is 25.9 Å². The van der Waals surface area contributed by atoms with Crippen LogP contribution in [-0.2, 0) is 0 Å². The molecule has 2 saturated heterocycles. The second kappa shape index (κ2) is 8.16. The normalized spacial score (nSPS) is 20.4. The van der Waals surface area contributed by atoms with Crippen LogP contribution in [0.3, 0.4) is 0 Å². The molecule has 1 aromatic heterocycles. The Bertz CT molecular complexity index is 533. The molecule has 2 aliphatic heterocycles. The fourth-order valence-electron chi connectivity index (χ4n) is 3.31. The van der Waals surface area contributed by atoms with Crippen molar-refractivity contribution in [1.82, 2.24) is 20.1 Å². The van der Waals surface area contributed by atoms with Crippen molar-refractivity contribution in [3.05, 3.63) is 11.1 Å². The number of aromatic nitrogens is 1. The Hall–Kier alpha value is -1.34. The Morgan fingerprint density at radius 1 is 1.25 bits per heavy atom. The van der Waals surface area contributed by atoms with Crippen molar-refractivity contribution < 1.29 is 4.79 Å². The number of amides is 2. The summed E-state index contributed by atoms with van der Waals surface area (Å²) in [6, 6.07) is 0.0790. The van der Waals surface area contributed by atoms with E-state index in [1.807, 2.05) is 11.8 Å². The van der Waals surface area contributed by atoms with Gasteiger partial charge in [0.15, 0.2) is 5.13 Å². The van der Waals surface area contributed by atoms with Crippen LogP contribution in [0, 0.1) is 12.8 Å². The van der Waals surface area contributed by atoms with Gasteiger partial charge in [0.05, 0.1) is 5.69 Å². The van der Waals surface area contributed by atoms with E-state index >= 15 is 0 Å². The first-order valence-corrected chi connectivity index (χ1v) is 9.92. The van der Waals surface area contributed by atoms with Crippen molar-refractivity contribution in [3.63, 3.8) is 0 Å². The van der Waals surface area contributed by atoms with Gasteiger partial charge in [-0.05, 0) is 38.8 Å². The predicted octanol–water partition coefficient (Wildman–Crippen LogP) is 2.02. The molecule has 3 rings (SSSR count). The van der Waals surface area contributed by atoms with Crippen molar-refractivity contribution in [1.29, 1.82) is 0 Å². The summed E-state index contributed by atoms with van der Waals surface area (Å²) in [5, 5.41) is 6.24. The first-order chi connectivity index (χ1) is 11.6. The van der Waals surface area contributed by atoms with E-state index in [2.05, 4.69) is 32.4 Å². The van der Waals surface area contributed by atoms with E-state index in [-0.39, 0.29) is 6.03 Å². The topological polar surface area (TPSA) is 51.7 Å². The predicted molar refractivity (Wildman–Crippen MR) is 98.9 cm³/mol. The van der Waals surface area contributed by atoms with Crippen LogP contribution in [-0.4, -0.2) is 73.2 Å². The molecule has 0 spiro atoms. The van der Waals surface area contributed by atoms with Gasteiger partial charge in [0.1, 0.15) is 0 Å². The molecular formula is C17H29N5OS. The number of nitrogens with zero attached hydrogens (tertiary/aromatic N) is 4. The van der Waals surface area contributed by atoms with Crippen molar-refractivity contribution >= 4 is 22.5 Å². The van der Waals surface area contributed by atoms with Crippen molar-refractivity contribution in [2.45, 2.75) is 26.7 Å². The average Bonchev–Trinajstić information content (AvgIpc) is 3.03. The number of likely N-dealkylation sites (tertiary alicyclic amines) is 1. The summed E-state index contributed by atoms with van der Waals surface area (Å²) in [4.78, 5) is 23.5. The summed E-state index contributed by atoms with van der Waals surface area (Å²) in [5.41, 5.74) is 1.07. The average molecular weight is 352 g/mol. The molecule has 0 aliphatic carbocycles. The van der Waals surface area contributed by atoms with Crippen molar-refractivity contribution in [3.8, 4) is 0 Å². The quantitative estimate of drug-likeness (QED) is 0.902. The van der Waals surface area contributed by atoms with Gasteiger partial charge in [-0.25, -0.2) is 9.78 Å². The number of piperazine rings is 1. The molecule has 2 fully saturated rings. The molecule has 6 nitrogen and oxygen atoms in total. The van der Waals surface area contributed by atoms with Crippen LogP contribution in [0.5, 0.6) is 0 Å². The minimum atomic E-state index is 0.0790. The van der Waals surface area contributed by atoms with Gasteiger partial charge in [0.2, 0.25) is 0 Å². The Morgan fingerprint density at radius 3 is 2.58 bits per heavy atom. The SMILES string of the molecule is Cc1csc(N2CCN(C(=O)NCCN3CCC(C)CC3)CC2)n1. The molecule has 0 unspecified atom stereocenters. The number of anilines is 1. The molecule has 24 heavy (non-hydrogen) atoms. The molecule has 1 N–H and O–H groups in total. The molecule has 3 heterocycles. The molecule has 0 radical (unpaired) electrons. The summed E-state index contributed by atoms with van der Waals surface area (Å²) in [7, 11) is 0. The van der Waals surface area contributed by atoms with Crippen molar-refractivity contribution in [2.75, 3.05) is 57.3 Å². The second-order valence-electron chi connectivity index (χ2n) is 7.00. The minimum Gasteiger partial charge on any atom is -0.345 e. The Kier molecular flexibility index (Phi) is 5.94. The number of urea groups is 1. The number of rotatable bonds is 4. The number of hydrogen-bond acceptors (Lipinski definition) is 5.